The Kier molecular flexibility index (Phi) is 7.25. The zero-order valence-electron chi connectivity index (χ0n) is 14.7. The van der Waals surface area contributed by atoms with Crippen LogP contribution in [0.5, 0.6) is 0 Å². The third kappa shape index (κ3) is 5.77. The second-order valence-electron chi connectivity index (χ2n) is 5.93. The molecule has 0 unspecified atom stereocenters. The molecular weight excluding hydrogens is 320 g/mol. The number of carbonyl (C=O) groups is 3. The number of hydrogen-bond acceptors (Lipinski definition) is 3. The molecule has 136 valence electrons. The van der Waals surface area contributed by atoms with Gasteiger partial charge in [0.1, 0.15) is 0 Å². The zero-order chi connectivity index (χ0) is 18.1. The van der Waals surface area contributed by atoms with Crippen LogP contribution in [0.1, 0.15) is 30.1 Å². The largest absolute Gasteiger partial charge is 0.352 e. The molecule has 0 aliphatic carbocycles. The van der Waals surface area contributed by atoms with Gasteiger partial charge in [0.15, 0.2) is 0 Å². The highest BCUT2D eigenvalue weighted by molar-refractivity contribution is 5.94. The van der Waals surface area contributed by atoms with Crippen molar-refractivity contribution in [1.82, 2.24) is 20.4 Å². The van der Waals surface area contributed by atoms with Gasteiger partial charge < -0.3 is 20.4 Å². The summed E-state index contributed by atoms with van der Waals surface area (Å²) in [6, 6.07) is 8.94. The van der Waals surface area contributed by atoms with E-state index in [0.29, 0.717) is 57.7 Å². The van der Waals surface area contributed by atoms with Crippen LogP contribution in [0.2, 0.25) is 0 Å². The number of urea groups is 1. The number of nitrogens with one attached hydrogen (secondary N) is 2. The Morgan fingerprint density at radius 2 is 1.60 bits per heavy atom. The van der Waals surface area contributed by atoms with Crippen molar-refractivity contribution in [3.05, 3.63) is 35.9 Å². The van der Waals surface area contributed by atoms with E-state index in [2.05, 4.69) is 10.6 Å². The van der Waals surface area contributed by atoms with Gasteiger partial charge in [-0.3, -0.25) is 9.59 Å². The fourth-order valence-electron chi connectivity index (χ4n) is 2.71. The third-order valence-electron chi connectivity index (χ3n) is 4.14. The molecule has 1 fully saturated rings. The standard InChI is InChI=1S/C18H26N4O3/c1-2-19-18(25)22-13-11-21(12-14-22)16(23)9-6-10-20-17(24)15-7-4-3-5-8-15/h3-5,7-8H,2,6,9-14H2,1H3,(H,19,25)(H,20,24). The van der Waals surface area contributed by atoms with Gasteiger partial charge in [-0.2, -0.15) is 0 Å². The third-order valence-corrected chi connectivity index (χ3v) is 4.14. The first kappa shape index (κ1) is 18.8. The van der Waals surface area contributed by atoms with Crippen molar-refractivity contribution in [3.63, 3.8) is 0 Å². The molecule has 0 radical (unpaired) electrons. The molecule has 1 aromatic carbocycles. The molecule has 2 rings (SSSR count). The molecule has 1 aliphatic heterocycles. The average Bonchev–Trinajstić information content (AvgIpc) is 2.66. The molecule has 1 saturated heterocycles. The van der Waals surface area contributed by atoms with Gasteiger partial charge in [-0.15, -0.1) is 0 Å². The van der Waals surface area contributed by atoms with Crippen molar-refractivity contribution >= 4 is 17.8 Å². The number of benzene rings is 1. The van der Waals surface area contributed by atoms with Gasteiger partial charge in [0.2, 0.25) is 5.91 Å². The summed E-state index contributed by atoms with van der Waals surface area (Å²) < 4.78 is 0. The number of piperazine rings is 1. The first-order chi connectivity index (χ1) is 12.1. The summed E-state index contributed by atoms with van der Waals surface area (Å²) in [6.45, 7) is 5.20. The van der Waals surface area contributed by atoms with Crippen LogP contribution in [0.3, 0.4) is 0 Å². The highest BCUT2D eigenvalue weighted by Crippen LogP contribution is 2.05. The summed E-state index contributed by atoms with van der Waals surface area (Å²) in [5.41, 5.74) is 0.621. The van der Waals surface area contributed by atoms with E-state index in [1.54, 1.807) is 21.9 Å². The van der Waals surface area contributed by atoms with Gasteiger partial charge in [-0.05, 0) is 25.5 Å². The van der Waals surface area contributed by atoms with Crippen LogP contribution in [0.25, 0.3) is 0 Å². The Morgan fingerprint density at radius 3 is 2.24 bits per heavy atom. The van der Waals surface area contributed by atoms with Crippen molar-refractivity contribution in [3.8, 4) is 0 Å². The minimum absolute atomic E-state index is 0.0711. The number of amides is 4. The van der Waals surface area contributed by atoms with Crippen LogP contribution in [0.15, 0.2) is 30.3 Å². The van der Waals surface area contributed by atoms with Crippen molar-refractivity contribution in [1.29, 1.82) is 0 Å². The molecule has 1 aromatic rings. The second-order valence-corrected chi connectivity index (χ2v) is 5.93. The van der Waals surface area contributed by atoms with Gasteiger partial charge in [-0.1, -0.05) is 18.2 Å². The number of hydrogen-bond donors (Lipinski definition) is 2. The van der Waals surface area contributed by atoms with Crippen LogP contribution in [0.4, 0.5) is 4.79 Å². The quantitative estimate of drug-likeness (QED) is 0.756. The lowest BCUT2D eigenvalue weighted by molar-refractivity contribution is -0.132. The Morgan fingerprint density at radius 1 is 0.960 bits per heavy atom. The first-order valence-corrected chi connectivity index (χ1v) is 8.75. The fraction of sp³-hybridized carbons (Fsp3) is 0.500. The fourth-order valence-corrected chi connectivity index (χ4v) is 2.71. The molecule has 1 aliphatic rings. The van der Waals surface area contributed by atoms with Gasteiger partial charge in [-0.25, -0.2) is 4.79 Å². The smallest absolute Gasteiger partial charge is 0.317 e. The number of carbonyl (C=O) groups excluding carboxylic acids is 3. The molecule has 2 N–H and O–H groups in total. The van der Waals surface area contributed by atoms with Gasteiger partial charge in [0.25, 0.3) is 5.91 Å². The molecule has 0 bridgehead atoms. The van der Waals surface area contributed by atoms with E-state index >= 15 is 0 Å². The molecule has 0 spiro atoms. The van der Waals surface area contributed by atoms with Crippen molar-refractivity contribution in [2.45, 2.75) is 19.8 Å². The van der Waals surface area contributed by atoms with Crippen LogP contribution in [0, 0.1) is 0 Å². The maximum Gasteiger partial charge on any atom is 0.317 e. The maximum absolute atomic E-state index is 12.2. The predicted molar refractivity (Wildman–Crippen MR) is 95.2 cm³/mol. The van der Waals surface area contributed by atoms with Gasteiger partial charge >= 0.3 is 6.03 Å². The minimum atomic E-state index is -0.122. The molecular formula is C18H26N4O3. The molecule has 7 nitrogen and oxygen atoms in total. The zero-order valence-corrected chi connectivity index (χ0v) is 14.7. The van der Waals surface area contributed by atoms with Crippen LogP contribution >= 0.6 is 0 Å². The molecule has 0 saturated carbocycles. The Balaban J connectivity index is 1.63. The van der Waals surface area contributed by atoms with E-state index in [-0.39, 0.29) is 17.8 Å². The number of rotatable bonds is 6. The first-order valence-electron chi connectivity index (χ1n) is 8.75. The molecule has 25 heavy (non-hydrogen) atoms. The van der Waals surface area contributed by atoms with E-state index < -0.39 is 0 Å². The van der Waals surface area contributed by atoms with Crippen molar-refractivity contribution in [2.75, 3.05) is 39.3 Å². The van der Waals surface area contributed by atoms with Crippen molar-refractivity contribution < 1.29 is 14.4 Å². The van der Waals surface area contributed by atoms with Crippen molar-refractivity contribution in [2.24, 2.45) is 0 Å². The topological polar surface area (TPSA) is 81.8 Å². The van der Waals surface area contributed by atoms with E-state index in [1.165, 1.54) is 0 Å². The summed E-state index contributed by atoms with van der Waals surface area (Å²) in [7, 11) is 0. The van der Waals surface area contributed by atoms with Crippen LogP contribution < -0.4 is 10.6 Å². The lowest BCUT2D eigenvalue weighted by atomic mass is 10.2. The predicted octanol–water partition coefficient (Wildman–Crippen LogP) is 1.07. The summed E-state index contributed by atoms with van der Waals surface area (Å²) in [4.78, 5) is 39.4. The lowest BCUT2D eigenvalue weighted by Crippen LogP contribution is -2.53. The molecule has 7 heteroatoms. The molecule has 1 heterocycles. The van der Waals surface area contributed by atoms with Gasteiger partial charge in [0, 0.05) is 51.3 Å². The monoisotopic (exact) mass is 346 g/mol. The highest BCUT2D eigenvalue weighted by atomic mass is 16.2. The van der Waals surface area contributed by atoms with E-state index in [9.17, 15) is 14.4 Å². The SMILES string of the molecule is CCNC(=O)N1CCN(C(=O)CCCNC(=O)c2ccccc2)CC1. The Bertz CT molecular complexity index is 583. The average molecular weight is 346 g/mol. The van der Waals surface area contributed by atoms with Crippen LogP contribution in [-0.4, -0.2) is 66.9 Å². The molecule has 4 amide bonds. The summed E-state index contributed by atoms with van der Waals surface area (Å²) in [5, 5.41) is 5.59. The number of nitrogens with zero attached hydrogens (tertiary/aromatic N) is 2. The summed E-state index contributed by atoms with van der Waals surface area (Å²) in [6.07, 6.45) is 1.00. The molecule has 0 aromatic heterocycles. The maximum atomic E-state index is 12.2. The summed E-state index contributed by atoms with van der Waals surface area (Å²) >= 11 is 0. The van der Waals surface area contributed by atoms with E-state index in [0.717, 1.165) is 0 Å². The summed E-state index contributed by atoms with van der Waals surface area (Å²) in [5.74, 6) is -0.0480. The Hall–Kier alpha value is -2.57. The second kappa shape index (κ2) is 9.66. The minimum Gasteiger partial charge on any atom is -0.352 e. The Labute approximate surface area is 148 Å². The highest BCUT2D eigenvalue weighted by Gasteiger charge is 2.23. The normalized spacial score (nSPS) is 14.1. The molecule has 0 atom stereocenters. The van der Waals surface area contributed by atoms with Gasteiger partial charge in [0.05, 0.1) is 0 Å². The van der Waals surface area contributed by atoms with E-state index in [4.69, 9.17) is 0 Å². The van der Waals surface area contributed by atoms with Crippen LogP contribution in [-0.2, 0) is 4.79 Å². The van der Waals surface area contributed by atoms with E-state index in [1.807, 2.05) is 25.1 Å². The lowest BCUT2D eigenvalue weighted by Gasteiger charge is -2.34.